The van der Waals surface area contributed by atoms with Crippen molar-refractivity contribution in [2.24, 2.45) is 0 Å². The molecule has 2 aromatic heterocycles. The summed E-state index contributed by atoms with van der Waals surface area (Å²) in [6, 6.07) is 5.84. The molecule has 4 heterocycles. The minimum atomic E-state index is -0.512. The highest BCUT2D eigenvalue weighted by Crippen LogP contribution is 2.56. The van der Waals surface area contributed by atoms with Gasteiger partial charge in [0.1, 0.15) is 29.4 Å². The molecule has 0 N–H and O–H groups in total. The molecule has 9 nitrogen and oxygen atoms in total. The van der Waals surface area contributed by atoms with Crippen LogP contribution in [0.2, 0.25) is 0 Å². The van der Waals surface area contributed by atoms with E-state index in [2.05, 4.69) is 27.8 Å². The van der Waals surface area contributed by atoms with Crippen LogP contribution in [0.3, 0.4) is 0 Å². The van der Waals surface area contributed by atoms with Gasteiger partial charge in [-0.15, -0.1) is 0 Å². The Bertz CT molecular complexity index is 1150. The Kier molecular flexibility index (Phi) is 5.34. The Hall–Kier alpha value is -3.41. The lowest BCUT2D eigenvalue weighted by atomic mass is 9.66. The Balaban J connectivity index is 1.46. The predicted octanol–water partition coefficient (Wildman–Crippen LogP) is 3.76. The van der Waals surface area contributed by atoms with Gasteiger partial charge in [0.05, 0.1) is 11.6 Å². The normalized spacial score (nSPS) is 21.1. The molecule has 2 fully saturated rings. The van der Waals surface area contributed by atoms with Gasteiger partial charge in [-0.1, -0.05) is 6.42 Å². The largest absolute Gasteiger partial charge is 0.444 e. The van der Waals surface area contributed by atoms with Crippen LogP contribution < -0.4 is 9.80 Å². The maximum atomic E-state index is 12.6. The molecule has 0 radical (unpaired) electrons. The number of fused-ring (bicyclic) bond motifs is 2. The lowest BCUT2D eigenvalue weighted by Crippen LogP contribution is -2.55. The molecule has 1 saturated heterocycles. The maximum Gasteiger partial charge on any atom is 0.410 e. The van der Waals surface area contributed by atoms with Crippen LogP contribution in [0.25, 0.3) is 0 Å². The van der Waals surface area contributed by atoms with E-state index in [1.54, 1.807) is 23.5 Å². The van der Waals surface area contributed by atoms with Gasteiger partial charge in [0.25, 0.3) is 0 Å². The molecule has 2 aliphatic heterocycles. The zero-order valence-corrected chi connectivity index (χ0v) is 20.3. The second kappa shape index (κ2) is 8.12. The average Bonchev–Trinajstić information content (AvgIpc) is 3.14. The minimum absolute atomic E-state index is 0.00171. The van der Waals surface area contributed by atoms with Crippen LogP contribution in [-0.2, 0) is 10.2 Å². The first-order valence-corrected chi connectivity index (χ1v) is 11.9. The third-order valence-electron chi connectivity index (χ3n) is 7.07. The first-order chi connectivity index (χ1) is 16.2. The van der Waals surface area contributed by atoms with Gasteiger partial charge in [0, 0.05) is 49.4 Å². The molecule has 0 bridgehead atoms. The van der Waals surface area contributed by atoms with Crippen molar-refractivity contribution in [3.05, 3.63) is 35.8 Å². The molecule has 178 valence electrons. The van der Waals surface area contributed by atoms with Crippen LogP contribution >= 0.6 is 0 Å². The number of hydrogen-bond donors (Lipinski definition) is 0. The van der Waals surface area contributed by atoms with Crippen LogP contribution in [-0.4, -0.2) is 63.8 Å². The number of pyridine rings is 1. The van der Waals surface area contributed by atoms with Crippen molar-refractivity contribution in [2.75, 3.05) is 36.0 Å². The van der Waals surface area contributed by atoms with Crippen LogP contribution in [0.5, 0.6) is 0 Å². The number of anilines is 3. The summed E-state index contributed by atoms with van der Waals surface area (Å²) in [5.41, 5.74) is 1.26. The lowest BCUT2D eigenvalue weighted by molar-refractivity contribution is 0.0218. The fourth-order valence-electron chi connectivity index (χ4n) is 5.32. The SMILES string of the molecule is CC1CN(C(=O)OC(C)(C)C)CCN1c1ncnc2c1C1(CCC1)CN2c1cc(C#N)ccn1. The lowest BCUT2D eigenvalue weighted by Gasteiger charge is -2.44. The van der Waals surface area contributed by atoms with E-state index >= 15 is 0 Å². The third kappa shape index (κ3) is 3.81. The smallest absolute Gasteiger partial charge is 0.410 e. The summed E-state index contributed by atoms with van der Waals surface area (Å²) >= 11 is 0. The number of nitriles is 1. The van der Waals surface area contributed by atoms with Crippen molar-refractivity contribution in [3.63, 3.8) is 0 Å². The molecular formula is C25H31N7O2. The number of carbonyl (C=O) groups is 1. The van der Waals surface area contributed by atoms with E-state index in [4.69, 9.17) is 14.7 Å². The van der Waals surface area contributed by atoms with Crippen molar-refractivity contribution in [1.82, 2.24) is 19.9 Å². The second-order valence-electron chi connectivity index (χ2n) is 10.6. The van der Waals surface area contributed by atoms with Gasteiger partial charge in [-0.05, 0) is 52.7 Å². The summed E-state index contributed by atoms with van der Waals surface area (Å²) < 4.78 is 5.59. The molecule has 0 aromatic carbocycles. The molecule has 34 heavy (non-hydrogen) atoms. The highest BCUT2D eigenvalue weighted by Gasteiger charge is 2.51. The van der Waals surface area contributed by atoms with Crippen molar-refractivity contribution >= 4 is 23.5 Å². The second-order valence-corrected chi connectivity index (χ2v) is 10.6. The van der Waals surface area contributed by atoms with Gasteiger partial charge in [0.15, 0.2) is 0 Å². The molecule has 9 heteroatoms. The van der Waals surface area contributed by atoms with Gasteiger partial charge in [-0.3, -0.25) is 0 Å². The van der Waals surface area contributed by atoms with Crippen LogP contribution in [0.15, 0.2) is 24.7 Å². The van der Waals surface area contributed by atoms with Crippen molar-refractivity contribution in [1.29, 1.82) is 5.26 Å². The third-order valence-corrected chi connectivity index (χ3v) is 7.07. The maximum absolute atomic E-state index is 12.6. The van der Waals surface area contributed by atoms with E-state index in [0.717, 1.165) is 36.8 Å². The van der Waals surface area contributed by atoms with E-state index in [1.165, 1.54) is 12.0 Å². The van der Waals surface area contributed by atoms with Crippen LogP contribution in [0.4, 0.5) is 22.2 Å². The Labute approximate surface area is 200 Å². The molecule has 2 aromatic rings. The number of hydrogen-bond acceptors (Lipinski definition) is 8. The quantitative estimate of drug-likeness (QED) is 0.667. The first kappa shape index (κ1) is 22.4. The summed E-state index contributed by atoms with van der Waals surface area (Å²) in [6.07, 6.45) is 6.38. The van der Waals surface area contributed by atoms with Crippen LogP contribution in [0, 0.1) is 11.3 Å². The topological polar surface area (TPSA) is 98.5 Å². The molecule has 1 aliphatic carbocycles. The van der Waals surface area contributed by atoms with E-state index in [0.29, 0.717) is 25.2 Å². The minimum Gasteiger partial charge on any atom is -0.444 e. The summed E-state index contributed by atoms with van der Waals surface area (Å²) in [7, 11) is 0. The first-order valence-electron chi connectivity index (χ1n) is 11.9. The van der Waals surface area contributed by atoms with E-state index < -0.39 is 5.60 Å². The predicted molar refractivity (Wildman–Crippen MR) is 128 cm³/mol. The molecular weight excluding hydrogens is 430 g/mol. The Morgan fingerprint density at radius 2 is 1.97 bits per heavy atom. The van der Waals surface area contributed by atoms with Gasteiger partial charge in [-0.25, -0.2) is 19.7 Å². The molecule has 1 amide bonds. The number of ether oxygens (including phenoxy) is 1. The standard InChI is InChI=1S/C25H31N7O2/c1-17-14-30(23(33)34-24(2,3)4)10-11-31(17)21-20-22(29-16-28-21)32(15-25(20)7-5-8-25)19-12-18(13-26)6-9-27-19/h6,9,12,16-17H,5,7-8,10-11,14-15H2,1-4H3. The average molecular weight is 462 g/mol. The number of piperazine rings is 1. The molecule has 3 aliphatic rings. The summed E-state index contributed by atoms with van der Waals surface area (Å²) in [5, 5.41) is 9.36. The zero-order chi connectivity index (χ0) is 24.1. The number of carbonyl (C=O) groups excluding carboxylic acids is 1. The fourth-order valence-corrected chi connectivity index (χ4v) is 5.32. The van der Waals surface area contributed by atoms with Gasteiger partial charge < -0.3 is 19.4 Å². The zero-order valence-electron chi connectivity index (χ0n) is 20.3. The fraction of sp³-hybridized carbons (Fsp3) is 0.560. The summed E-state index contributed by atoms with van der Waals surface area (Å²) in [4.78, 5) is 32.9. The monoisotopic (exact) mass is 461 g/mol. The van der Waals surface area contributed by atoms with Gasteiger partial charge in [0.2, 0.25) is 0 Å². The molecule has 1 spiro atoms. The number of nitrogens with zero attached hydrogens (tertiary/aromatic N) is 7. The van der Waals surface area contributed by atoms with E-state index in [9.17, 15) is 10.1 Å². The summed E-state index contributed by atoms with van der Waals surface area (Å²) in [6.45, 7) is 10.4. The van der Waals surface area contributed by atoms with E-state index in [1.807, 2.05) is 26.8 Å². The van der Waals surface area contributed by atoms with Crippen molar-refractivity contribution in [2.45, 2.75) is 64.0 Å². The molecule has 5 rings (SSSR count). The highest BCUT2D eigenvalue weighted by molar-refractivity contribution is 5.75. The van der Waals surface area contributed by atoms with Crippen molar-refractivity contribution < 1.29 is 9.53 Å². The molecule has 1 atom stereocenters. The Morgan fingerprint density at radius 1 is 1.21 bits per heavy atom. The van der Waals surface area contributed by atoms with Crippen LogP contribution in [0.1, 0.15) is 58.1 Å². The number of aromatic nitrogens is 3. The van der Waals surface area contributed by atoms with E-state index in [-0.39, 0.29) is 17.6 Å². The number of rotatable bonds is 2. The summed E-state index contributed by atoms with van der Waals surface area (Å²) in [5.74, 6) is 2.59. The van der Waals surface area contributed by atoms with Gasteiger partial charge >= 0.3 is 6.09 Å². The van der Waals surface area contributed by atoms with Gasteiger partial charge in [-0.2, -0.15) is 5.26 Å². The number of amides is 1. The Morgan fingerprint density at radius 3 is 2.62 bits per heavy atom. The highest BCUT2D eigenvalue weighted by atomic mass is 16.6. The molecule has 1 unspecified atom stereocenters. The van der Waals surface area contributed by atoms with Crippen molar-refractivity contribution in [3.8, 4) is 6.07 Å². The molecule has 1 saturated carbocycles.